The largest absolute Gasteiger partial charge is 0.550 e. The van der Waals surface area contributed by atoms with Gasteiger partial charge in [-0.2, -0.15) is 0 Å². The third-order valence-corrected chi connectivity index (χ3v) is 2.53. The van der Waals surface area contributed by atoms with E-state index < -0.39 is 5.97 Å². The number of rotatable bonds is 12. The smallest absolute Gasteiger partial charge is 0.243 e. The van der Waals surface area contributed by atoms with Crippen LogP contribution in [0.4, 0.5) is 0 Å². The lowest BCUT2D eigenvalue weighted by Crippen LogP contribution is -2.24. The molecule has 0 saturated carbocycles. The molecule has 0 saturated heterocycles. The summed E-state index contributed by atoms with van der Waals surface area (Å²) < 4.78 is 24.1. The molecule has 0 bridgehead atoms. The Balaban J connectivity index is 0.000000568. The number of hydrogen-bond donors (Lipinski definition) is 0. The molecular formula is C15H28N2O6. The minimum atomic E-state index is -1.10. The number of nitrogens with zero attached hydrogens (tertiary/aromatic N) is 2. The van der Waals surface area contributed by atoms with Gasteiger partial charge in [0.15, 0.2) is 0 Å². The predicted octanol–water partition coefficient (Wildman–Crippen LogP) is -1.33. The van der Waals surface area contributed by atoms with Crippen LogP contribution in [0.2, 0.25) is 0 Å². The van der Waals surface area contributed by atoms with E-state index in [4.69, 9.17) is 18.9 Å². The predicted molar refractivity (Wildman–Crippen MR) is 80.5 cm³/mol. The Morgan fingerprint density at radius 1 is 1.04 bits per heavy atom. The van der Waals surface area contributed by atoms with E-state index in [9.17, 15) is 9.90 Å². The normalized spacial score (nSPS) is 10.2. The summed E-state index contributed by atoms with van der Waals surface area (Å²) in [7, 11) is 5.61. The van der Waals surface area contributed by atoms with Crippen LogP contribution >= 0.6 is 0 Å². The topological polar surface area (TPSA) is 85.9 Å². The lowest BCUT2D eigenvalue weighted by atomic mass is 10.5. The Hall–Kier alpha value is -1.48. The van der Waals surface area contributed by atoms with Crippen molar-refractivity contribution < 1.29 is 33.4 Å². The zero-order chi connectivity index (χ0) is 17.3. The third kappa shape index (κ3) is 16.7. The Labute approximate surface area is 137 Å². The average molecular weight is 332 g/mol. The van der Waals surface area contributed by atoms with Crippen molar-refractivity contribution in [2.45, 2.75) is 6.42 Å². The van der Waals surface area contributed by atoms with Crippen LogP contribution in [0.3, 0.4) is 0 Å². The van der Waals surface area contributed by atoms with Gasteiger partial charge in [0.25, 0.3) is 0 Å². The van der Waals surface area contributed by atoms with Crippen LogP contribution < -0.4 is 9.67 Å². The molecule has 0 aliphatic carbocycles. The van der Waals surface area contributed by atoms with Gasteiger partial charge in [-0.25, -0.2) is 9.13 Å². The number of hydrogen-bond acceptors (Lipinski definition) is 6. The van der Waals surface area contributed by atoms with Gasteiger partial charge in [0, 0.05) is 19.5 Å². The summed E-state index contributed by atoms with van der Waals surface area (Å²) >= 11 is 0. The van der Waals surface area contributed by atoms with Crippen LogP contribution in [0.15, 0.2) is 18.7 Å². The van der Waals surface area contributed by atoms with E-state index in [2.05, 4.69) is 0 Å². The SMILES string of the molecule is COCCOCCOCCOCCC(=O)[O-].Cn1cc[n+](C)c1. The van der Waals surface area contributed by atoms with Gasteiger partial charge in [-0.1, -0.05) is 0 Å². The van der Waals surface area contributed by atoms with Crippen molar-refractivity contribution in [3.05, 3.63) is 18.7 Å². The van der Waals surface area contributed by atoms with Gasteiger partial charge in [0.05, 0.1) is 60.3 Å². The number of ether oxygens (including phenoxy) is 4. The first-order valence-corrected chi connectivity index (χ1v) is 7.45. The highest BCUT2D eigenvalue weighted by molar-refractivity contribution is 5.64. The number of methoxy groups -OCH3 is 1. The van der Waals surface area contributed by atoms with E-state index in [1.54, 1.807) is 7.11 Å². The van der Waals surface area contributed by atoms with E-state index in [-0.39, 0.29) is 13.0 Å². The summed E-state index contributed by atoms with van der Waals surface area (Å²) in [5.41, 5.74) is 0. The first-order valence-electron chi connectivity index (χ1n) is 7.45. The van der Waals surface area contributed by atoms with Crippen LogP contribution in [0, 0.1) is 0 Å². The maximum atomic E-state index is 10.0. The first kappa shape index (κ1) is 21.5. The number of aromatic nitrogens is 2. The van der Waals surface area contributed by atoms with Gasteiger partial charge in [0.1, 0.15) is 12.4 Å². The van der Waals surface area contributed by atoms with Crippen molar-refractivity contribution in [2.24, 2.45) is 14.1 Å². The molecule has 0 aliphatic heterocycles. The summed E-state index contributed by atoms with van der Waals surface area (Å²) in [4.78, 5) is 10.0. The monoisotopic (exact) mass is 332 g/mol. The Morgan fingerprint density at radius 2 is 1.57 bits per heavy atom. The van der Waals surface area contributed by atoms with E-state index in [0.717, 1.165) is 0 Å². The van der Waals surface area contributed by atoms with E-state index in [1.807, 2.05) is 42.0 Å². The number of carbonyl (C=O) groups is 1. The fourth-order valence-corrected chi connectivity index (χ4v) is 1.41. The number of aryl methyl sites for hydroxylation is 2. The van der Waals surface area contributed by atoms with Crippen LogP contribution in [-0.2, 0) is 37.8 Å². The maximum Gasteiger partial charge on any atom is 0.243 e. The molecule has 0 amide bonds. The molecule has 1 aromatic heterocycles. The Kier molecular flexibility index (Phi) is 14.4. The highest BCUT2D eigenvalue weighted by Crippen LogP contribution is 1.83. The second-order valence-corrected chi connectivity index (χ2v) is 4.70. The van der Waals surface area contributed by atoms with Crippen molar-refractivity contribution in [3.63, 3.8) is 0 Å². The molecule has 0 aromatic carbocycles. The lowest BCUT2D eigenvalue weighted by molar-refractivity contribution is -0.670. The van der Waals surface area contributed by atoms with Crippen molar-refractivity contribution in [3.8, 4) is 0 Å². The molecule has 8 nitrogen and oxygen atoms in total. The fourth-order valence-electron chi connectivity index (χ4n) is 1.41. The summed E-state index contributed by atoms with van der Waals surface area (Å²) in [5, 5.41) is 10.0. The molecule has 0 spiro atoms. The molecule has 23 heavy (non-hydrogen) atoms. The minimum Gasteiger partial charge on any atom is -0.550 e. The van der Waals surface area contributed by atoms with Crippen molar-refractivity contribution in [1.82, 2.24) is 4.57 Å². The molecule has 0 fully saturated rings. The quantitative estimate of drug-likeness (QED) is 0.348. The summed E-state index contributed by atoms with van der Waals surface area (Å²) in [5.74, 6) is -1.10. The molecule has 8 heteroatoms. The number of carbonyl (C=O) groups excluding carboxylic acids is 1. The maximum absolute atomic E-state index is 10.0. The summed E-state index contributed by atoms with van der Waals surface area (Å²) in [6, 6.07) is 0. The standard InChI is InChI=1S/C10H20O6.C5H9N2/c1-13-4-5-15-8-9-16-7-6-14-3-2-10(11)12;1-6-3-4-7(2)5-6/h2-9H2,1H3,(H,11,12);3-5H,1-2H3/q;+1/p-1. The highest BCUT2D eigenvalue weighted by atomic mass is 16.6. The van der Waals surface area contributed by atoms with E-state index >= 15 is 0 Å². The molecule has 0 unspecified atom stereocenters. The fraction of sp³-hybridized carbons (Fsp3) is 0.733. The van der Waals surface area contributed by atoms with E-state index in [0.29, 0.717) is 39.6 Å². The van der Waals surface area contributed by atoms with Gasteiger partial charge < -0.3 is 28.8 Å². The second kappa shape index (κ2) is 15.4. The lowest BCUT2D eigenvalue weighted by Gasteiger charge is -2.06. The zero-order valence-electron chi connectivity index (χ0n) is 14.2. The van der Waals surface area contributed by atoms with Crippen LogP contribution in [0.5, 0.6) is 0 Å². The number of imidazole rings is 1. The number of aliphatic carboxylic acids is 1. The van der Waals surface area contributed by atoms with E-state index in [1.165, 1.54) is 0 Å². The van der Waals surface area contributed by atoms with Crippen LogP contribution in [0.1, 0.15) is 6.42 Å². The summed E-state index contributed by atoms with van der Waals surface area (Å²) in [6.45, 7) is 3.12. The Morgan fingerprint density at radius 3 is 1.91 bits per heavy atom. The third-order valence-electron chi connectivity index (χ3n) is 2.53. The number of carboxylic acid groups (broad SMARTS) is 1. The van der Waals surface area contributed by atoms with Crippen molar-refractivity contribution >= 4 is 5.97 Å². The van der Waals surface area contributed by atoms with Gasteiger partial charge >= 0.3 is 0 Å². The molecule has 1 aromatic rings. The molecule has 0 aliphatic rings. The van der Waals surface area contributed by atoms with Crippen molar-refractivity contribution in [2.75, 3.05) is 53.4 Å². The van der Waals surface area contributed by atoms with Crippen molar-refractivity contribution in [1.29, 1.82) is 0 Å². The minimum absolute atomic E-state index is 0.0832. The second-order valence-electron chi connectivity index (χ2n) is 4.70. The van der Waals surface area contributed by atoms with Gasteiger partial charge in [-0.3, -0.25) is 0 Å². The van der Waals surface area contributed by atoms with Crippen LogP contribution in [-0.4, -0.2) is 63.9 Å². The van der Waals surface area contributed by atoms with Crippen LogP contribution in [0.25, 0.3) is 0 Å². The van der Waals surface area contributed by atoms with Gasteiger partial charge in [0.2, 0.25) is 6.33 Å². The molecular weight excluding hydrogens is 304 g/mol. The highest BCUT2D eigenvalue weighted by Gasteiger charge is 1.92. The van der Waals surface area contributed by atoms with Gasteiger partial charge in [-0.15, -0.1) is 0 Å². The average Bonchev–Trinajstić information content (AvgIpc) is 2.88. The zero-order valence-corrected chi connectivity index (χ0v) is 14.2. The molecule has 0 N–H and O–H groups in total. The molecule has 0 atom stereocenters. The van der Waals surface area contributed by atoms with Gasteiger partial charge in [-0.05, 0) is 0 Å². The molecule has 0 radical (unpaired) electrons. The summed E-state index contributed by atoms with van der Waals surface area (Å²) in [6.07, 6.45) is 5.92. The molecule has 1 heterocycles. The molecule has 1 rings (SSSR count). The Bertz CT molecular complexity index is 381. The molecule has 134 valence electrons. The number of carboxylic acids is 1. The first-order chi connectivity index (χ1) is 11.1.